The lowest BCUT2D eigenvalue weighted by atomic mass is 10.1. The molecule has 0 bridgehead atoms. The van der Waals surface area contributed by atoms with Gasteiger partial charge in [-0.05, 0) is 30.5 Å². The number of nitrogens with one attached hydrogen (secondary N) is 1. The third kappa shape index (κ3) is 4.55. The van der Waals surface area contributed by atoms with Crippen LogP contribution in [0.4, 0.5) is 5.69 Å². The van der Waals surface area contributed by atoms with E-state index >= 15 is 0 Å². The molecule has 1 saturated heterocycles. The molecule has 0 aliphatic carbocycles. The van der Waals surface area contributed by atoms with Crippen LogP contribution in [-0.2, 0) is 11.2 Å². The summed E-state index contributed by atoms with van der Waals surface area (Å²) in [5, 5.41) is 2.95. The molecule has 2 heterocycles. The largest absolute Gasteiger partial charge is 0.378 e. The van der Waals surface area contributed by atoms with Crippen molar-refractivity contribution < 1.29 is 9.53 Å². The second-order valence-corrected chi connectivity index (χ2v) is 5.84. The molecular formula is C19H23N3O2. The van der Waals surface area contributed by atoms with Gasteiger partial charge in [-0.3, -0.25) is 9.78 Å². The molecule has 1 fully saturated rings. The SMILES string of the molecule is O=C(NCCCc1ccccc1)c1cc(N2CCOCC2)ccn1. The minimum Gasteiger partial charge on any atom is -0.378 e. The number of aryl methyl sites for hydroxylation is 1. The maximum absolute atomic E-state index is 12.3. The summed E-state index contributed by atoms with van der Waals surface area (Å²) in [6, 6.07) is 14.1. The number of nitrogens with zero attached hydrogens (tertiary/aromatic N) is 2. The Morgan fingerprint density at radius 3 is 2.75 bits per heavy atom. The summed E-state index contributed by atoms with van der Waals surface area (Å²) in [5.74, 6) is -0.113. The lowest BCUT2D eigenvalue weighted by molar-refractivity contribution is 0.0948. The van der Waals surface area contributed by atoms with E-state index in [1.165, 1.54) is 5.56 Å². The van der Waals surface area contributed by atoms with Gasteiger partial charge in [-0.1, -0.05) is 30.3 Å². The Labute approximate surface area is 142 Å². The van der Waals surface area contributed by atoms with Gasteiger partial charge < -0.3 is 15.0 Å². The summed E-state index contributed by atoms with van der Waals surface area (Å²) in [4.78, 5) is 18.7. The quantitative estimate of drug-likeness (QED) is 0.828. The van der Waals surface area contributed by atoms with Gasteiger partial charge in [0, 0.05) is 31.5 Å². The monoisotopic (exact) mass is 325 g/mol. The van der Waals surface area contributed by atoms with Gasteiger partial charge in [0.2, 0.25) is 0 Å². The highest BCUT2D eigenvalue weighted by Crippen LogP contribution is 2.16. The molecule has 1 aromatic carbocycles. The highest BCUT2D eigenvalue weighted by Gasteiger charge is 2.14. The molecule has 1 N–H and O–H groups in total. The van der Waals surface area contributed by atoms with Crippen LogP contribution in [0.2, 0.25) is 0 Å². The summed E-state index contributed by atoms with van der Waals surface area (Å²) in [7, 11) is 0. The van der Waals surface area contributed by atoms with Crippen molar-refractivity contribution in [2.45, 2.75) is 12.8 Å². The van der Waals surface area contributed by atoms with Crippen LogP contribution in [0.5, 0.6) is 0 Å². The first-order valence-corrected chi connectivity index (χ1v) is 8.44. The average molecular weight is 325 g/mol. The molecule has 1 aliphatic rings. The number of aromatic nitrogens is 1. The summed E-state index contributed by atoms with van der Waals surface area (Å²) in [5.41, 5.74) is 2.79. The molecule has 5 nitrogen and oxygen atoms in total. The van der Waals surface area contributed by atoms with Crippen molar-refractivity contribution in [1.29, 1.82) is 0 Å². The molecule has 0 atom stereocenters. The van der Waals surface area contributed by atoms with Crippen molar-refractivity contribution in [3.63, 3.8) is 0 Å². The normalized spacial score (nSPS) is 14.4. The Hall–Kier alpha value is -2.40. The minimum atomic E-state index is -0.113. The van der Waals surface area contributed by atoms with Crippen LogP contribution in [0.3, 0.4) is 0 Å². The van der Waals surface area contributed by atoms with Gasteiger partial charge in [-0.15, -0.1) is 0 Å². The summed E-state index contributed by atoms with van der Waals surface area (Å²) in [6.45, 7) is 3.80. The van der Waals surface area contributed by atoms with Gasteiger partial charge >= 0.3 is 0 Å². The molecule has 24 heavy (non-hydrogen) atoms. The first kappa shape index (κ1) is 16.5. The number of anilines is 1. The molecule has 0 unspecified atom stereocenters. The lowest BCUT2D eigenvalue weighted by Gasteiger charge is -2.28. The third-order valence-corrected chi connectivity index (χ3v) is 4.12. The van der Waals surface area contributed by atoms with Crippen molar-refractivity contribution in [1.82, 2.24) is 10.3 Å². The van der Waals surface area contributed by atoms with Crippen LogP contribution >= 0.6 is 0 Å². The van der Waals surface area contributed by atoms with Crippen molar-refractivity contribution in [3.8, 4) is 0 Å². The Morgan fingerprint density at radius 1 is 1.17 bits per heavy atom. The molecule has 1 aliphatic heterocycles. The summed E-state index contributed by atoms with van der Waals surface area (Å²) >= 11 is 0. The number of ether oxygens (including phenoxy) is 1. The van der Waals surface area contributed by atoms with E-state index < -0.39 is 0 Å². The summed E-state index contributed by atoms with van der Waals surface area (Å²) < 4.78 is 5.36. The second-order valence-electron chi connectivity index (χ2n) is 5.84. The topological polar surface area (TPSA) is 54.5 Å². The molecule has 126 valence electrons. The molecule has 2 aromatic rings. The van der Waals surface area contributed by atoms with Gasteiger partial charge in [0.25, 0.3) is 5.91 Å². The van der Waals surface area contributed by atoms with E-state index in [0.29, 0.717) is 12.2 Å². The smallest absolute Gasteiger partial charge is 0.269 e. The average Bonchev–Trinajstić information content (AvgIpc) is 2.67. The predicted octanol–water partition coefficient (Wildman–Crippen LogP) is 2.28. The van der Waals surface area contributed by atoms with Crippen LogP contribution in [0.1, 0.15) is 22.5 Å². The van der Waals surface area contributed by atoms with E-state index in [-0.39, 0.29) is 5.91 Å². The highest BCUT2D eigenvalue weighted by molar-refractivity contribution is 5.93. The zero-order valence-corrected chi connectivity index (χ0v) is 13.8. The number of carbonyl (C=O) groups is 1. The second kappa shape index (κ2) is 8.45. The fourth-order valence-corrected chi connectivity index (χ4v) is 2.79. The van der Waals surface area contributed by atoms with Crippen LogP contribution in [0.15, 0.2) is 48.7 Å². The van der Waals surface area contributed by atoms with E-state index in [1.807, 2.05) is 30.3 Å². The number of carbonyl (C=O) groups excluding carboxylic acids is 1. The van der Waals surface area contributed by atoms with Gasteiger partial charge in [-0.25, -0.2) is 0 Å². The first-order chi connectivity index (χ1) is 11.8. The van der Waals surface area contributed by atoms with Gasteiger partial charge in [0.05, 0.1) is 13.2 Å². The van der Waals surface area contributed by atoms with Crippen molar-refractivity contribution in [2.75, 3.05) is 37.7 Å². The third-order valence-electron chi connectivity index (χ3n) is 4.12. The van der Waals surface area contributed by atoms with Crippen molar-refractivity contribution in [2.24, 2.45) is 0 Å². The van der Waals surface area contributed by atoms with E-state index in [4.69, 9.17) is 4.74 Å². The Balaban J connectivity index is 1.49. The van der Waals surface area contributed by atoms with Crippen molar-refractivity contribution in [3.05, 3.63) is 59.9 Å². The number of hydrogen-bond donors (Lipinski definition) is 1. The van der Waals surface area contributed by atoms with Gasteiger partial charge in [-0.2, -0.15) is 0 Å². The summed E-state index contributed by atoms with van der Waals surface area (Å²) in [6.07, 6.45) is 3.57. The highest BCUT2D eigenvalue weighted by atomic mass is 16.5. The minimum absolute atomic E-state index is 0.113. The molecule has 3 rings (SSSR count). The molecule has 0 spiro atoms. The number of pyridine rings is 1. The number of morpholine rings is 1. The number of amides is 1. The van der Waals surface area contributed by atoms with Crippen LogP contribution in [0.25, 0.3) is 0 Å². The fourth-order valence-electron chi connectivity index (χ4n) is 2.79. The predicted molar refractivity (Wildman–Crippen MR) is 94.4 cm³/mol. The van der Waals surface area contributed by atoms with Crippen LogP contribution in [-0.4, -0.2) is 43.7 Å². The van der Waals surface area contributed by atoms with Crippen LogP contribution < -0.4 is 10.2 Å². The van der Waals surface area contributed by atoms with Crippen molar-refractivity contribution >= 4 is 11.6 Å². The Morgan fingerprint density at radius 2 is 1.96 bits per heavy atom. The Kier molecular flexibility index (Phi) is 5.80. The van der Waals surface area contributed by atoms with Gasteiger partial charge in [0.1, 0.15) is 5.69 Å². The number of rotatable bonds is 6. The Bertz CT molecular complexity index is 655. The van der Waals surface area contributed by atoms with Crippen LogP contribution in [0, 0.1) is 0 Å². The van der Waals surface area contributed by atoms with Gasteiger partial charge in [0.15, 0.2) is 0 Å². The first-order valence-electron chi connectivity index (χ1n) is 8.44. The number of benzene rings is 1. The molecule has 0 radical (unpaired) electrons. The fraction of sp³-hybridized carbons (Fsp3) is 0.368. The number of hydrogen-bond acceptors (Lipinski definition) is 4. The molecule has 1 amide bonds. The molecule has 0 saturated carbocycles. The standard InChI is InChI=1S/C19H23N3O2/c23-19(21-9-4-7-16-5-2-1-3-6-16)18-15-17(8-10-20-18)22-11-13-24-14-12-22/h1-3,5-6,8,10,15H,4,7,9,11-14H2,(H,21,23). The molecule has 5 heteroatoms. The van der Waals surface area contributed by atoms with E-state index in [1.54, 1.807) is 6.20 Å². The maximum atomic E-state index is 12.3. The van der Waals surface area contributed by atoms with E-state index in [2.05, 4.69) is 27.3 Å². The zero-order chi connectivity index (χ0) is 16.6. The molecular weight excluding hydrogens is 302 g/mol. The maximum Gasteiger partial charge on any atom is 0.269 e. The van der Waals surface area contributed by atoms with E-state index in [9.17, 15) is 4.79 Å². The van der Waals surface area contributed by atoms with E-state index in [0.717, 1.165) is 44.8 Å². The lowest BCUT2D eigenvalue weighted by Crippen LogP contribution is -2.36. The molecule has 1 aromatic heterocycles. The zero-order valence-electron chi connectivity index (χ0n) is 13.8.